The lowest BCUT2D eigenvalue weighted by molar-refractivity contribution is -0.688. The zero-order chi connectivity index (χ0) is 13.0. The number of hydrogen-bond acceptors (Lipinski definition) is 3. The molecule has 2 rings (SSSR count). The smallest absolute Gasteiger partial charge is 0.187 e. The van der Waals surface area contributed by atoms with Crippen molar-refractivity contribution in [3.8, 4) is 6.07 Å². The van der Waals surface area contributed by atoms with Gasteiger partial charge in [0.2, 0.25) is 0 Å². The van der Waals surface area contributed by atoms with Crippen LogP contribution in [0.25, 0.3) is 0 Å². The SMILES string of the molecule is CSc1ccc(C[n+]2cc(C)cc(C#N)c2)cn1. The minimum Gasteiger partial charge on any atom is -0.249 e. The number of aromatic nitrogens is 2. The number of nitrogens with zero attached hydrogens (tertiary/aromatic N) is 3. The van der Waals surface area contributed by atoms with Crippen molar-refractivity contribution in [1.82, 2.24) is 4.98 Å². The average molecular weight is 256 g/mol. The molecule has 0 unspecified atom stereocenters. The molecule has 0 saturated carbocycles. The van der Waals surface area contributed by atoms with E-state index in [4.69, 9.17) is 5.26 Å². The molecular weight excluding hydrogens is 242 g/mol. The zero-order valence-corrected chi connectivity index (χ0v) is 11.2. The predicted molar refractivity (Wildman–Crippen MR) is 71.2 cm³/mol. The molecule has 4 heteroatoms. The molecule has 0 aliphatic carbocycles. The van der Waals surface area contributed by atoms with Crippen LogP contribution in [0, 0.1) is 18.3 Å². The Bertz CT molecular complexity index is 585. The maximum absolute atomic E-state index is 8.94. The van der Waals surface area contributed by atoms with Gasteiger partial charge in [0.05, 0.1) is 5.03 Å². The summed E-state index contributed by atoms with van der Waals surface area (Å²) in [5.41, 5.74) is 2.90. The topological polar surface area (TPSA) is 40.6 Å². The van der Waals surface area contributed by atoms with Gasteiger partial charge in [-0.2, -0.15) is 9.83 Å². The molecule has 2 heterocycles. The Morgan fingerprint density at radius 1 is 1.39 bits per heavy atom. The molecule has 0 radical (unpaired) electrons. The van der Waals surface area contributed by atoms with Crippen molar-refractivity contribution in [3.63, 3.8) is 0 Å². The van der Waals surface area contributed by atoms with Crippen molar-refractivity contribution in [2.24, 2.45) is 0 Å². The normalized spacial score (nSPS) is 10.1. The van der Waals surface area contributed by atoms with E-state index in [1.54, 1.807) is 11.8 Å². The van der Waals surface area contributed by atoms with Crippen LogP contribution in [0.1, 0.15) is 16.7 Å². The van der Waals surface area contributed by atoms with Crippen LogP contribution in [-0.4, -0.2) is 11.2 Å². The van der Waals surface area contributed by atoms with Crippen LogP contribution < -0.4 is 4.57 Å². The van der Waals surface area contributed by atoms with Gasteiger partial charge in [-0.15, -0.1) is 11.8 Å². The first-order valence-electron chi connectivity index (χ1n) is 5.61. The van der Waals surface area contributed by atoms with Gasteiger partial charge in [-0.25, -0.2) is 4.98 Å². The monoisotopic (exact) mass is 256 g/mol. The third-order valence-corrected chi connectivity index (χ3v) is 3.22. The second kappa shape index (κ2) is 5.65. The van der Waals surface area contributed by atoms with E-state index in [1.165, 1.54) is 0 Å². The number of nitriles is 1. The fourth-order valence-corrected chi connectivity index (χ4v) is 2.15. The highest BCUT2D eigenvalue weighted by Gasteiger charge is 2.07. The second-order valence-corrected chi connectivity index (χ2v) is 4.92. The summed E-state index contributed by atoms with van der Waals surface area (Å²) in [4.78, 5) is 4.34. The summed E-state index contributed by atoms with van der Waals surface area (Å²) in [6.07, 6.45) is 7.78. The molecule has 3 nitrogen and oxygen atoms in total. The lowest BCUT2D eigenvalue weighted by Crippen LogP contribution is -2.34. The van der Waals surface area contributed by atoms with E-state index < -0.39 is 0 Å². The maximum Gasteiger partial charge on any atom is 0.187 e. The van der Waals surface area contributed by atoms with Gasteiger partial charge in [-0.3, -0.25) is 0 Å². The number of thioether (sulfide) groups is 1. The molecule has 0 bridgehead atoms. The molecule has 0 aromatic carbocycles. The van der Waals surface area contributed by atoms with E-state index >= 15 is 0 Å². The largest absolute Gasteiger partial charge is 0.249 e. The Morgan fingerprint density at radius 2 is 2.22 bits per heavy atom. The second-order valence-electron chi connectivity index (χ2n) is 4.09. The molecule has 90 valence electrons. The minimum absolute atomic E-state index is 0.684. The summed E-state index contributed by atoms with van der Waals surface area (Å²) in [5, 5.41) is 9.96. The van der Waals surface area contributed by atoms with Crippen LogP contribution in [0.5, 0.6) is 0 Å². The number of hydrogen-bond donors (Lipinski definition) is 0. The molecule has 0 aliphatic heterocycles. The van der Waals surface area contributed by atoms with Gasteiger partial charge >= 0.3 is 0 Å². The minimum atomic E-state index is 0.684. The van der Waals surface area contributed by atoms with Gasteiger partial charge in [0.1, 0.15) is 11.6 Å². The molecule has 0 saturated heterocycles. The number of rotatable bonds is 3. The highest BCUT2D eigenvalue weighted by molar-refractivity contribution is 7.98. The number of aryl methyl sites for hydroxylation is 1. The summed E-state index contributed by atoms with van der Waals surface area (Å²) in [5.74, 6) is 0. The molecule has 0 aliphatic rings. The lowest BCUT2D eigenvalue weighted by Gasteiger charge is -2.00. The molecule has 2 aromatic heterocycles. The Labute approximate surface area is 111 Å². The van der Waals surface area contributed by atoms with E-state index in [0.29, 0.717) is 5.56 Å². The fourth-order valence-electron chi connectivity index (χ4n) is 1.79. The van der Waals surface area contributed by atoms with Crippen molar-refractivity contribution >= 4 is 11.8 Å². The molecule has 0 amide bonds. The summed E-state index contributed by atoms with van der Waals surface area (Å²) < 4.78 is 2.02. The quantitative estimate of drug-likeness (QED) is 0.625. The van der Waals surface area contributed by atoms with E-state index in [0.717, 1.165) is 22.7 Å². The van der Waals surface area contributed by atoms with Crippen LogP contribution in [0.3, 0.4) is 0 Å². The average Bonchev–Trinajstić information content (AvgIpc) is 2.39. The third kappa shape index (κ3) is 3.08. The van der Waals surface area contributed by atoms with Crippen molar-refractivity contribution in [3.05, 3.63) is 53.5 Å². The van der Waals surface area contributed by atoms with Gasteiger partial charge in [0, 0.05) is 17.3 Å². The first kappa shape index (κ1) is 12.6. The van der Waals surface area contributed by atoms with Gasteiger partial charge in [0.15, 0.2) is 18.9 Å². The van der Waals surface area contributed by atoms with E-state index in [-0.39, 0.29) is 0 Å². The molecule has 18 heavy (non-hydrogen) atoms. The van der Waals surface area contributed by atoms with Crippen LogP contribution >= 0.6 is 11.8 Å². The van der Waals surface area contributed by atoms with Crippen LogP contribution in [-0.2, 0) is 6.54 Å². The zero-order valence-electron chi connectivity index (χ0n) is 10.4. The van der Waals surface area contributed by atoms with Crippen LogP contribution in [0.2, 0.25) is 0 Å². The van der Waals surface area contributed by atoms with Gasteiger partial charge in [-0.1, -0.05) is 0 Å². The van der Waals surface area contributed by atoms with Crippen LogP contribution in [0.4, 0.5) is 0 Å². The first-order valence-corrected chi connectivity index (χ1v) is 6.83. The Kier molecular flexibility index (Phi) is 3.96. The maximum atomic E-state index is 8.94. The van der Waals surface area contributed by atoms with Gasteiger partial charge < -0.3 is 0 Å². The lowest BCUT2D eigenvalue weighted by atomic mass is 10.2. The summed E-state index contributed by atoms with van der Waals surface area (Å²) in [6, 6.07) is 8.14. The third-order valence-electron chi connectivity index (χ3n) is 2.56. The Balaban J connectivity index is 2.22. The number of pyridine rings is 2. The van der Waals surface area contributed by atoms with Crippen molar-refractivity contribution < 1.29 is 4.57 Å². The van der Waals surface area contributed by atoms with Crippen molar-refractivity contribution in [2.45, 2.75) is 18.5 Å². The summed E-state index contributed by atoms with van der Waals surface area (Å²) in [7, 11) is 0. The predicted octanol–water partition coefficient (Wildman–Crippen LogP) is 2.32. The molecule has 0 atom stereocenters. The fraction of sp³-hybridized carbons (Fsp3) is 0.214. The molecular formula is C14H14N3S+. The van der Waals surface area contributed by atoms with Crippen molar-refractivity contribution in [1.29, 1.82) is 5.26 Å². The van der Waals surface area contributed by atoms with E-state index in [2.05, 4.69) is 17.1 Å². The van der Waals surface area contributed by atoms with Gasteiger partial charge in [-0.05, 0) is 31.4 Å². The van der Waals surface area contributed by atoms with E-state index in [9.17, 15) is 0 Å². The summed E-state index contributed by atoms with van der Waals surface area (Å²) in [6.45, 7) is 2.73. The molecule has 2 aromatic rings. The first-order chi connectivity index (χ1) is 8.71. The van der Waals surface area contributed by atoms with Crippen molar-refractivity contribution in [2.75, 3.05) is 6.26 Å². The highest BCUT2D eigenvalue weighted by atomic mass is 32.2. The summed E-state index contributed by atoms with van der Waals surface area (Å²) >= 11 is 1.63. The highest BCUT2D eigenvalue weighted by Crippen LogP contribution is 2.10. The molecule has 0 N–H and O–H groups in total. The molecule has 0 fully saturated rings. The Hall–Kier alpha value is -1.86. The van der Waals surface area contributed by atoms with E-state index in [1.807, 2.05) is 48.5 Å². The molecule has 0 spiro atoms. The van der Waals surface area contributed by atoms with Gasteiger partial charge in [0.25, 0.3) is 0 Å². The van der Waals surface area contributed by atoms with Crippen LogP contribution in [0.15, 0.2) is 41.8 Å². The Morgan fingerprint density at radius 3 is 2.83 bits per heavy atom. The standard InChI is InChI=1S/C14H14N3S/c1-11-5-13(6-15)10-17(8-11)9-12-3-4-14(18-2)16-7-12/h3-5,7-8,10H,9H2,1-2H3/q+1.